The smallest absolute Gasteiger partial charge is 0.123 e. The van der Waals surface area contributed by atoms with Crippen molar-refractivity contribution < 1.29 is 4.39 Å². The number of thioether (sulfide) groups is 1. The van der Waals surface area contributed by atoms with Crippen molar-refractivity contribution in [1.82, 2.24) is 20.3 Å². The fraction of sp³-hybridized carbons (Fsp3) is 0.222. The molecule has 0 aliphatic carbocycles. The molecule has 6 heteroatoms. The van der Waals surface area contributed by atoms with Gasteiger partial charge in [0.25, 0.3) is 0 Å². The van der Waals surface area contributed by atoms with E-state index in [1.165, 1.54) is 6.07 Å². The van der Waals surface area contributed by atoms with Gasteiger partial charge in [0.2, 0.25) is 0 Å². The van der Waals surface area contributed by atoms with Crippen LogP contribution in [-0.2, 0) is 6.54 Å². The van der Waals surface area contributed by atoms with E-state index in [4.69, 9.17) is 0 Å². The molecule has 4 nitrogen and oxygen atoms in total. The highest BCUT2D eigenvalue weighted by atomic mass is 32.2. The normalized spacial score (nSPS) is 16.8. The fourth-order valence-corrected chi connectivity index (χ4v) is 3.97. The minimum atomic E-state index is -0.182. The number of fused-ring (bicyclic) bond motifs is 1. The van der Waals surface area contributed by atoms with E-state index in [2.05, 4.69) is 15.5 Å². The number of para-hydroxylation sites is 1. The van der Waals surface area contributed by atoms with Crippen LogP contribution in [0.5, 0.6) is 0 Å². The summed E-state index contributed by atoms with van der Waals surface area (Å²) in [5.41, 5.74) is 2.85. The third-order valence-corrected chi connectivity index (χ3v) is 5.19. The lowest BCUT2D eigenvalue weighted by atomic mass is 10.0. The van der Waals surface area contributed by atoms with Gasteiger partial charge in [0.05, 0.1) is 17.6 Å². The maximum Gasteiger partial charge on any atom is 0.123 e. The van der Waals surface area contributed by atoms with Crippen LogP contribution in [-0.4, -0.2) is 20.7 Å². The van der Waals surface area contributed by atoms with Crippen LogP contribution < -0.4 is 5.32 Å². The van der Waals surface area contributed by atoms with Gasteiger partial charge in [-0.3, -0.25) is 0 Å². The van der Waals surface area contributed by atoms with Crippen molar-refractivity contribution in [2.24, 2.45) is 0 Å². The largest absolute Gasteiger partial charge is 0.304 e. The zero-order chi connectivity index (χ0) is 16.4. The minimum Gasteiger partial charge on any atom is -0.304 e. The molecule has 1 aliphatic heterocycles. The average molecular weight is 340 g/mol. The molecule has 122 valence electrons. The van der Waals surface area contributed by atoms with E-state index in [1.54, 1.807) is 28.8 Å². The van der Waals surface area contributed by atoms with E-state index in [1.807, 2.05) is 36.4 Å². The van der Waals surface area contributed by atoms with Gasteiger partial charge in [0, 0.05) is 17.5 Å². The van der Waals surface area contributed by atoms with E-state index >= 15 is 0 Å². The molecule has 1 N–H and O–H groups in total. The van der Waals surface area contributed by atoms with Gasteiger partial charge < -0.3 is 5.32 Å². The molecular formula is C18H17FN4S. The molecule has 2 aromatic carbocycles. The van der Waals surface area contributed by atoms with Crippen molar-refractivity contribution >= 4 is 11.8 Å². The summed E-state index contributed by atoms with van der Waals surface area (Å²) in [6.45, 7) is 0.609. The lowest BCUT2D eigenvalue weighted by Gasteiger charge is -2.25. The van der Waals surface area contributed by atoms with Gasteiger partial charge in [-0.1, -0.05) is 18.2 Å². The van der Waals surface area contributed by atoms with Gasteiger partial charge in [-0.05, 0) is 48.1 Å². The fourth-order valence-electron chi connectivity index (χ4n) is 2.87. The van der Waals surface area contributed by atoms with Gasteiger partial charge in [-0.2, -0.15) is 15.0 Å². The SMILES string of the molecule is Fc1ccc2c(c1)C(NCc1cnn(-c3ccccc3)n1)CCS2. The second kappa shape index (κ2) is 6.75. The van der Waals surface area contributed by atoms with E-state index < -0.39 is 0 Å². The molecule has 0 saturated carbocycles. The molecular weight excluding hydrogens is 323 g/mol. The topological polar surface area (TPSA) is 42.7 Å². The second-order valence-electron chi connectivity index (χ2n) is 5.71. The van der Waals surface area contributed by atoms with Crippen LogP contribution in [0.1, 0.15) is 23.7 Å². The lowest BCUT2D eigenvalue weighted by molar-refractivity contribution is 0.499. The Kier molecular flexibility index (Phi) is 4.32. The maximum absolute atomic E-state index is 13.6. The van der Waals surface area contributed by atoms with E-state index in [0.717, 1.165) is 34.0 Å². The molecule has 0 radical (unpaired) electrons. The molecule has 0 saturated heterocycles. The van der Waals surface area contributed by atoms with Crippen LogP contribution in [0.2, 0.25) is 0 Å². The van der Waals surface area contributed by atoms with Crippen molar-refractivity contribution in [3.8, 4) is 5.69 Å². The molecule has 1 unspecified atom stereocenters. The summed E-state index contributed by atoms with van der Waals surface area (Å²) in [7, 11) is 0. The van der Waals surface area contributed by atoms with E-state index in [-0.39, 0.29) is 11.9 Å². The van der Waals surface area contributed by atoms with Crippen LogP contribution in [0.4, 0.5) is 4.39 Å². The zero-order valence-corrected chi connectivity index (χ0v) is 13.8. The van der Waals surface area contributed by atoms with Crippen molar-refractivity contribution in [2.45, 2.75) is 23.9 Å². The highest BCUT2D eigenvalue weighted by Gasteiger charge is 2.21. The molecule has 24 heavy (non-hydrogen) atoms. The molecule has 2 heterocycles. The molecule has 3 aromatic rings. The van der Waals surface area contributed by atoms with Gasteiger partial charge in [0.1, 0.15) is 5.82 Å². The number of hydrogen-bond donors (Lipinski definition) is 1. The van der Waals surface area contributed by atoms with Crippen LogP contribution in [0.3, 0.4) is 0 Å². The van der Waals surface area contributed by atoms with Crippen molar-refractivity contribution in [1.29, 1.82) is 0 Å². The Morgan fingerprint density at radius 3 is 2.96 bits per heavy atom. The number of halogens is 1. The number of nitrogens with zero attached hydrogens (tertiary/aromatic N) is 3. The Morgan fingerprint density at radius 1 is 1.21 bits per heavy atom. The first-order chi connectivity index (χ1) is 11.8. The summed E-state index contributed by atoms with van der Waals surface area (Å²) in [4.78, 5) is 2.79. The monoisotopic (exact) mass is 340 g/mol. The summed E-state index contributed by atoms with van der Waals surface area (Å²) in [5.74, 6) is 0.852. The Balaban J connectivity index is 1.47. The van der Waals surface area contributed by atoms with Crippen molar-refractivity contribution in [3.63, 3.8) is 0 Å². The van der Waals surface area contributed by atoms with Crippen molar-refractivity contribution in [2.75, 3.05) is 5.75 Å². The molecule has 0 amide bonds. The van der Waals surface area contributed by atoms with Gasteiger partial charge in [-0.25, -0.2) is 4.39 Å². The van der Waals surface area contributed by atoms with Crippen LogP contribution in [0.25, 0.3) is 5.69 Å². The molecule has 1 aromatic heterocycles. The molecule has 0 bridgehead atoms. The summed E-state index contributed by atoms with van der Waals surface area (Å²) in [5, 5.41) is 12.3. The molecule has 4 rings (SSSR count). The first kappa shape index (κ1) is 15.4. The van der Waals surface area contributed by atoms with Crippen molar-refractivity contribution in [3.05, 3.63) is 71.8 Å². The quantitative estimate of drug-likeness (QED) is 0.786. The van der Waals surface area contributed by atoms with E-state index in [9.17, 15) is 4.39 Å². The Morgan fingerprint density at radius 2 is 2.08 bits per heavy atom. The highest BCUT2D eigenvalue weighted by Crippen LogP contribution is 2.36. The summed E-state index contributed by atoms with van der Waals surface area (Å²) in [6.07, 6.45) is 2.75. The first-order valence-corrected chi connectivity index (χ1v) is 8.90. The van der Waals surface area contributed by atoms with Gasteiger partial charge >= 0.3 is 0 Å². The molecule has 0 fully saturated rings. The zero-order valence-electron chi connectivity index (χ0n) is 13.0. The number of nitrogens with one attached hydrogen (secondary N) is 1. The van der Waals surface area contributed by atoms with Gasteiger partial charge in [-0.15, -0.1) is 11.8 Å². The third-order valence-electron chi connectivity index (χ3n) is 4.07. The highest BCUT2D eigenvalue weighted by molar-refractivity contribution is 7.99. The second-order valence-corrected chi connectivity index (χ2v) is 6.85. The number of benzene rings is 2. The molecule has 0 spiro atoms. The molecule has 1 atom stereocenters. The van der Waals surface area contributed by atoms with Gasteiger partial charge in [0.15, 0.2) is 0 Å². The molecule has 1 aliphatic rings. The number of rotatable bonds is 4. The lowest BCUT2D eigenvalue weighted by Crippen LogP contribution is -2.24. The Labute approximate surface area is 144 Å². The minimum absolute atomic E-state index is 0.152. The predicted octanol–water partition coefficient (Wildman–Crippen LogP) is 3.73. The van der Waals surface area contributed by atoms with Crippen LogP contribution in [0.15, 0.2) is 59.6 Å². The van der Waals surface area contributed by atoms with Crippen LogP contribution in [0, 0.1) is 5.82 Å². The predicted molar refractivity (Wildman–Crippen MR) is 92.7 cm³/mol. The Bertz CT molecular complexity index is 834. The number of aromatic nitrogens is 3. The first-order valence-electron chi connectivity index (χ1n) is 7.92. The standard InChI is InChI=1S/C18H17FN4S/c19-13-6-7-18-16(10-13)17(8-9-24-18)20-11-14-12-21-23(22-14)15-4-2-1-3-5-15/h1-7,10,12,17,20H,8-9,11H2. The summed E-state index contributed by atoms with van der Waals surface area (Å²) in [6, 6.07) is 15.0. The van der Waals surface area contributed by atoms with E-state index in [0.29, 0.717) is 6.54 Å². The third kappa shape index (κ3) is 3.20. The summed E-state index contributed by atoms with van der Waals surface area (Å²) >= 11 is 1.79. The van der Waals surface area contributed by atoms with Crippen LogP contribution >= 0.6 is 11.8 Å². The number of hydrogen-bond acceptors (Lipinski definition) is 4. The Hall–Kier alpha value is -2.18. The average Bonchev–Trinajstić information content (AvgIpc) is 3.10. The summed E-state index contributed by atoms with van der Waals surface area (Å²) < 4.78 is 13.6. The maximum atomic E-state index is 13.6.